The van der Waals surface area contributed by atoms with Crippen LogP contribution in [0.3, 0.4) is 0 Å². The van der Waals surface area contributed by atoms with Crippen molar-refractivity contribution in [1.29, 1.82) is 0 Å². The summed E-state index contributed by atoms with van der Waals surface area (Å²) in [5.41, 5.74) is 1.50. The van der Waals surface area contributed by atoms with E-state index in [1.54, 1.807) is 0 Å². The average molecular weight is 339 g/mol. The van der Waals surface area contributed by atoms with Crippen LogP contribution < -0.4 is 0 Å². The van der Waals surface area contributed by atoms with Gasteiger partial charge in [0.25, 0.3) is 0 Å². The van der Waals surface area contributed by atoms with Crippen LogP contribution >= 0.6 is 7.92 Å². The minimum absolute atomic E-state index is 0. The largest absolute Gasteiger partial charge is 0.412 e. The molecule has 1 aromatic carbocycles. The Bertz CT molecular complexity index is 337. The van der Waals surface area contributed by atoms with Gasteiger partial charge in [-0.25, -0.2) is 0 Å². The molecule has 23 heavy (non-hydrogen) atoms. The minimum atomic E-state index is 0. The van der Waals surface area contributed by atoms with Crippen molar-refractivity contribution in [3.8, 4) is 0 Å². The summed E-state index contributed by atoms with van der Waals surface area (Å²) >= 11 is 0. The first kappa shape index (κ1) is 22.6. The Morgan fingerprint density at radius 1 is 0.609 bits per heavy atom. The zero-order valence-corrected chi connectivity index (χ0v) is 16.4. The van der Waals surface area contributed by atoms with Gasteiger partial charge >= 0.3 is 0 Å². The zero-order chi connectivity index (χ0) is 15.9. The van der Waals surface area contributed by atoms with Gasteiger partial charge in [-0.05, 0) is 44.3 Å². The molecular weight excluding hydrogens is 299 g/mol. The van der Waals surface area contributed by atoms with Crippen LogP contribution in [-0.4, -0.2) is 25.0 Å². The first-order chi connectivity index (χ1) is 10.8. The maximum absolute atomic E-state index is 2.40. The Balaban J connectivity index is 0.00000484. The van der Waals surface area contributed by atoms with E-state index in [0.29, 0.717) is 7.92 Å². The van der Waals surface area contributed by atoms with Crippen LogP contribution in [0.15, 0.2) is 30.3 Å². The standard InChI is InChI=1S/C21H37P.H2O/c1-22(2)20-16-11-9-7-5-3-4-6-8-10-13-17-21-18-14-12-15-19-21;/h12,14-15,18-19H,3-11,13,16-17,20H2,1-2H3;1H2. The quantitative estimate of drug-likeness (QED) is 0.276. The third kappa shape index (κ3) is 14.9. The maximum Gasteiger partial charge on any atom is -0.0279 e. The van der Waals surface area contributed by atoms with Crippen molar-refractivity contribution >= 4 is 7.92 Å². The van der Waals surface area contributed by atoms with Gasteiger partial charge in [-0.2, -0.15) is 0 Å². The summed E-state index contributed by atoms with van der Waals surface area (Å²) < 4.78 is 0. The molecule has 0 spiro atoms. The van der Waals surface area contributed by atoms with Gasteiger partial charge in [-0.15, -0.1) is 7.92 Å². The van der Waals surface area contributed by atoms with E-state index in [4.69, 9.17) is 0 Å². The Morgan fingerprint density at radius 2 is 1.04 bits per heavy atom. The first-order valence-electron chi connectivity index (χ1n) is 9.47. The summed E-state index contributed by atoms with van der Waals surface area (Å²) in [6.07, 6.45) is 18.7. The van der Waals surface area contributed by atoms with Gasteiger partial charge in [0.1, 0.15) is 0 Å². The van der Waals surface area contributed by atoms with E-state index in [1.807, 2.05) is 0 Å². The van der Waals surface area contributed by atoms with E-state index in [1.165, 1.54) is 88.8 Å². The molecule has 1 aromatic rings. The fraction of sp³-hybridized carbons (Fsp3) is 0.714. The fourth-order valence-electron chi connectivity index (χ4n) is 2.99. The van der Waals surface area contributed by atoms with E-state index in [2.05, 4.69) is 43.7 Å². The van der Waals surface area contributed by atoms with Crippen molar-refractivity contribution in [2.45, 2.75) is 77.0 Å². The van der Waals surface area contributed by atoms with Crippen LogP contribution in [0.1, 0.15) is 76.2 Å². The number of aryl methyl sites for hydroxylation is 1. The molecule has 0 fully saturated rings. The summed E-state index contributed by atoms with van der Waals surface area (Å²) in [6.45, 7) is 4.80. The molecule has 0 amide bonds. The van der Waals surface area contributed by atoms with E-state index in [0.717, 1.165) is 0 Å². The van der Waals surface area contributed by atoms with Crippen molar-refractivity contribution in [3.05, 3.63) is 35.9 Å². The highest BCUT2D eigenvalue weighted by atomic mass is 31.1. The van der Waals surface area contributed by atoms with Crippen LogP contribution in [0, 0.1) is 0 Å². The Hall–Kier alpha value is -0.390. The van der Waals surface area contributed by atoms with Crippen molar-refractivity contribution in [1.82, 2.24) is 0 Å². The number of unbranched alkanes of at least 4 members (excludes halogenated alkanes) is 10. The molecule has 0 radical (unpaired) electrons. The zero-order valence-electron chi connectivity index (χ0n) is 15.5. The summed E-state index contributed by atoms with van der Waals surface area (Å²) in [7, 11) is 0.347. The summed E-state index contributed by atoms with van der Waals surface area (Å²) in [5, 5.41) is 0. The smallest absolute Gasteiger partial charge is 0.0279 e. The SMILES string of the molecule is CP(C)CCCCCCCCCCCCCc1ccccc1.O. The summed E-state index contributed by atoms with van der Waals surface area (Å²) in [5.74, 6) is 0. The maximum atomic E-state index is 2.40. The molecule has 1 nitrogen and oxygen atoms in total. The fourth-order valence-corrected chi connectivity index (χ4v) is 3.85. The van der Waals surface area contributed by atoms with Crippen LogP contribution in [0.5, 0.6) is 0 Å². The predicted molar refractivity (Wildman–Crippen MR) is 108 cm³/mol. The second kappa shape index (κ2) is 16.5. The van der Waals surface area contributed by atoms with Crippen LogP contribution in [0.4, 0.5) is 0 Å². The van der Waals surface area contributed by atoms with Crippen LogP contribution in [0.2, 0.25) is 0 Å². The van der Waals surface area contributed by atoms with Gasteiger partial charge in [0.15, 0.2) is 0 Å². The molecule has 0 aliphatic heterocycles. The van der Waals surface area contributed by atoms with Crippen LogP contribution in [0.25, 0.3) is 0 Å². The predicted octanol–water partition coefficient (Wildman–Crippen LogP) is 6.44. The second-order valence-corrected chi connectivity index (χ2v) is 9.53. The van der Waals surface area contributed by atoms with E-state index in [-0.39, 0.29) is 5.48 Å². The number of rotatable bonds is 14. The lowest BCUT2D eigenvalue weighted by molar-refractivity contribution is 0.550. The molecule has 0 aromatic heterocycles. The molecule has 2 N–H and O–H groups in total. The third-order valence-corrected chi connectivity index (χ3v) is 5.62. The Morgan fingerprint density at radius 3 is 1.52 bits per heavy atom. The monoisotopic (exact) mass is 338 g/mol. The highest BCUT2D eigenvalue weighted by Gasteiger charge is 1.96. The molecule has 1 rings (SSSR count). The minimum Gasteiger partial charge on any atom is -0.412 e. The molecule has 0 aliphatic carbocycles. The molecule has 0 saturated carbocycles. The van der Waals surface area contributed by atoms with Crippen molar-refractivity contribution in [2.24, 2.45) is 0 Å². The first-order valence-corrected chi connectivity index (χ1v) is 11.9. The Labute approximate surface area is 146 Å². The van der Waals surface area contributed by atoms with Gasteiger partial charge in [0.2, 0.25) is 0 Å². The molecule has 0 unspecified atom stereocenters. The molecule has 134 valence electrons. The number of benzene rings is 1. The number of hydrogen-bond acceptors (Lipinski definition) is 0. The molecule has 2 heteroatoms. The summed E-state index contributed by atoms with van der Waals surface area (Å²) in [4.78, 5) is 0. The van der Waals surface area contributed by atoms with Crippen LogP contribution in [-0.2, 0) is 6.42 Å². The average Bonchev–Trinajstić information content (AvgIpc) is 2.52. The van der Waals surface area contributed by atoms with E-state index in [9.17, 15) is 0 Å². The topological polar surface area (TPSA) is 31.5 Å². The normalized spacial score (nSPS) is 10.7. The molecule has 0 heterocycles. The molecule has 0 saturated heterocycles. The summed E-state index contributed by atoms with van der Waals surface area (Å²) in [6, 6.07) is 10.9. The molecule has 0 atom stereocenters. The van der Waals surface area contributed by atoms with E-state index < -0.39 is 0 Å². The van der Waals surface area contributed by atoms with Gasteiger partial charge in [0, 0.05) is 0 Å². The lowest BCUT2D eigenvalue weighted by Gasteiger charge is -2.05. The van der Waals surface area contributed by atoms with Gasteiger partial charge < -0.3 is 5.48 Å². The van der Waals surface area contributed by atoms with Gasteiger partial charge in [0.05, 0.1) is 0 Å². The second-order valence-electron chi connectivity index (χ2n) is 6.93. The van der Waals surface area contributed by atoms with Gasteiger partial charge in [-0.1, -0.05) is 88.1 Å². The van der Waals surface area contributed by atoms with Crippen molar-refractivity contribution in [2.75, 3.05) is 19.5 Å². The molecular formula is C21H39OP. The highest BCUT2D eigenvalue weighted by Crippen LogP contribution is 2.26. The lowest BCUT2D eigenvalue weighted by Crippen LogP contribution is -1.86. The van der Waals surface area contributed by atoms with Crippen molar-refractivity contribution < 1.29 is 5.48 Å². The lowest BCUT2D eigenvalue weighted by atomic mass is 10.0. The number of hydrogen-bond donors (Lipinski definition) is 0. The molecule has 0 aliphatic rings. The highest BCUT2D eigenvalue weighted by molar-refractivity contribution is 7.55. The van der Waals surface area contributed by atoms with Crippen molar-refractivity contribution in [3.63, 3.8) is 0 Å². The third-order valence-electron chi connectivity index (χ3n) is 4.41. The van der Waals surface area contributed by atoms with E-state index >= 15 is 0 Å². The molecule has 0 bridgehead atoms. The Kier molecular flexibility index (Phi) is 16.2. The van der Waals surface area contributed by atoms with Gasteiger partial charge in [-0.3, -0.25) is 0 Å².